The van der Waals surface area contributed by atoms with E-state index in [2.05, 4.69) is 0 Å². The molecule has 1 heterocycles. The van der Waals surface area contributed by atoms with E-state index in [1.807, 2.05) is 27.7 Å². The van der Waals surface area contributed by atoms with Crippen molar-refractivity contribution in [1.82, 2.24) is 0 Å². The van der Waals surface area contributed by atoms with Crippen LogP contribution in [0.5, 0.6) is 11.5 Å². The quantitative estimate of drug-likeness (QED) is 0.390. The first-order valence-electron chi connectivity index (χ1n) is 12.0. The van der Waals surface area contributed by atoms with Crippen molar-refractivity contribution >= 4 is 11.9 Å². The topological polar surface area (TPSA) is 104 Å². The number of aromatic hydroxyl groups is 2. The van der Waals surface area contributed by atoms with Crippen LogP contribution in [-0.2, 0) is 36.0 Å². The molecule has 1 aliphatic rings. The second kappa shape index (κ2) is 9.10. The molecule has 0 aromatic heterocycles. The van der Waals surface area contributed by atoms with Crippen LogP contribution in [0.25, 0.3) is 0 Å². The Labute approximate surface area is 204 Å². The zero-order valence-corrected chi connectivity index (χ0v) is 20.4. The standard InChI is InChI=1S/C29H30O6/c1-5-17-19(7-3)25(30)13-11-22(17)29(23-12-14-26(31)20(8-4)18(23)6-2)24-10-9-16(27(32)33)15-21(24)28(34)35-29/h9-15,30-31H,5-8H2,1-4H3,(H,32,33). The lowest BCUT2D eigenvalue weighted by atomic mass is 9.73. The summed E-state index contributed by atoms with van der Waals surface area (Å²) in [6.07, 6.45) is 2.37. The number of benzene rings is 3. The summed E-state index contributed by atoms with van der Waals surface area (Å²) in [5, 5.41) is 30.7. The Balaban J connectivity index is 2.19. The molecular weight excluding hydrogens is 444 g/mol. The maximum absolute atomic E-state index is 13.3. The van der Waals surface area contributed by atoms with Crippen molar-refractivity contribution in [3.8, 4) is 11.5 Å². The van der Waals surface area contributed by atoms with Gasteiger partial charge in [0.15, 0.2) is 5.60 Å². The zero-order valence-electron chi connectivity index (χ0n) is 20.4. The van der Waals surface area contributed by atoms with Gasteiger partial charge in [-0.3, -0.25) is 0 Å². The number of rotatable bonds is 7. The van der Waals surface area contributed by atoms with Crippen LogP contribution in [0, 0.1) is 0 Å². The molecule has 3 aromatic carbocycles. The highest BCUT2D eigenvalue weighted by molar-refractivity contribution is 5.99. The Bertz CT molecular complexity index is 1280. The average molecular weight is 475 g/mol. The maximum Gasteiger partial charge on any atom is 0.340 e. The summed E-state index contributed by atoms with van der Waals surface area (Å²) >= 11 is 0. The van der Waals surface area contributed by atoms with Crippen molar-refractivity contribution in [2.45, 2.75) is 59.0 Å². The summed E-state index contributed by atoms with van der Waals surface area (Å²) in [7, 11) is 0. The van der Waals surface area contributed by atoms with Crippen molar-refractivity contribution in [2.24, 2.45) is 0 Å². The van der Waals surface area contributed by atoms with E-state index in [9.17, 15) is 24.9 Å². The van der Waals surface area contributed by atoms with E-state index in [1.54, 1.807) is 30.3 Å². The lowest BCUT2D eigenvalue weighted by Gasteiger charge is -2.35. The smallest absolute Gasteiger partial charge is 0.340 e. The summed E-state index contributed by atoms with van der Waals surface area (Å²) < 4.78 is 6.29. The summed E-state index contributed by atoms with van der Waals surface area (Å²) in [6, 6.07) is 11.3. The highest BCUT2D eigenvalue weighted by atomic mass is 16.6. The highest BCUT2D eigenvalue weighted by Gasteiger charge is 2.51. The molecule has 3 aromatic rings. The van der Waals surface area contributed by atoms with E-state index in [0.717, 1.165) is 33.4 Å². The number of carboxylic acids is 1. The van der Waals surface area contributed by atoms with Gasteiger partial charge in [0.2, 0.25) is 0 Å². The molecule has 4 rings (SSSR count). The molecule has 0 spiro atoms. The van der Waals surface area contributed by atoms with Crippen molar-refractivity contribution in [1.29, 1.82) is 0 Å². The van der Waals surface area contributed by atoms with Crippen LogP contribution in [0.1, 0.15) is 87.4 Å². The van der Waals surface area contributed by atoms with Gasteiger partial charge in [-0.15, -0.1) is 0 Å². The zero-order chi connectivity index (χ0) is 25.5. The van der Waals surface area contributed by atoms with Gasteiger partial charge in [-0.05, 0) is 72.2 Å². The molecule has 1 aliphatic heterocycles. The molecule has 0 atom stereocenters. The molecular formula is C29H30O6. The van der Waals surface area contributed by atoms with E-state index in [0.29, 0.717) is 31.2 Å². The Morgan fingerprint density at radius 2 is 1.20 bits per heavy atom. The Kier molecular flexibility index (Phi) is 6.32. The van der Waals surface area contributed by atoms with Crippen LogP contribution in [0.3, 0.4) is 0 Å². The number of carbonyl (C=O) groups excluding carboxylic acids is 1. The predicted octanol–water partition coefficient (Wildman–Crippen LogP) is 5.51. The number of cyclic esters (lactones) is 1. The lowest BCUT2D eigenvalue weighted by Crippen LogP contribution is -2.33. The minimum atomic E-state index is -1.35. The van der Waals surface area contributed by atoms with Crippen molar-refractivity contribution in [3.05, 3.63) is 92.5 Å². The third-order valence-corrected chi connectivity index (χ3v) is 7.10. The maximum atomic E-state index is 13.3. The first kappa shape index (κ1) is 24.3. The minimum Gasteiger partial charge on any atom is -0.508 e. The number of hydrogen-bond acceptors (Lipinski definition) is 5. The summed E-state index contributed by atoms with van der Waals surface area (Å²) in [4.78, 5) is 25.0. The summed E-state index contributed by atoms with van der Waals surface area (Å²) in [6.45, 7) is 7.91. The number of phenols is 2. The van der Waals surface area contributed by atoms with E-state index in [4.69, 9.17) is 4.74 Å². The molecule has 0 radical (unpaired) electrons. The number of hydrogen-bond donors (Lipinski definition) is 3. The predicted molar refractivity (Wildman–Crippen MR) is 132 cm³/mol. The fourth-order valence-electron chi connectivity index (χ4n) is 5.56. The second-order valence-electron chi connectivity index (χ2n) is 8.73. The van der Waals surface area contributed by atoms with Gasteiger partial charge >= 0.3 is 11.9 Å². The number of ether oxygens (including phenoxy) is 1. The second-order valence-corrected chi connectivity index (χ2v) is 8.73. The van der Waals surface area contributed by atoms with Gasteiger partial charge in [-0.2, -0.15) is 0 Å². The average Bonchev–Trinajstić information content (AvgIpc) is 3.15. The number of aromatic carboxylic acids is 1. The van der Waals surface area contributed by atoms with Crippen LogP contribution in [0.4, 0.5) is 0 Å². The fourth-order valence-corrected chi connectivity index (χ4v) is 5.56. The van der Waals surface area contributed by atoms with Crippen LogP contribution < -0.4 is 0 Å². The molecule has 0 bridgehead atoms. The van der Waals surface area contributed by atoms with Gasteiger partial charge in [0.25, 0.3) is 0 Å². The molecule has 0 saturated heterocycles. The van der Waals surface area contributed by atoms with Crippen molar-refractivity contribution in [3.63, 3.8) is 0 Å². The molecule has 182 valence electrons. The molecule has 3 N–H and O–H groups in total. The molecule has 6 nitrogen and oxygen atoms in total. The van der Waals surface area contributed by atoms with Gasteiger partial charge in [-0.1, -0.05) is 45.9 Å². The third kappa shape index (κ3) is 3.55. The molecule has 0 amide bonds. The van der Waals surface area contributed by atoms with Gasteiger partial charge in [0, 0.05) is 16.7 Å². The molecule has 0 saturated carbocycles. The van der Waals surface area contributed by atoms with Gasteiger partial charge in [-0.25, -0.2) is 9.59 Å². The van der Waals surface area contributed by atoms with Crippen LogP contribution >= 0.6 is 0 Å². The minimum absolute atomic E-state index is 0.00263. The monoisotopic (exact) mass is 474 g/mol. The SMILES string of the molecule is CCc1c(O)ccc(C2(c3ccc(O)c(CC)c3CC)OC(=O)c3cc(C(=O)O)ccc32)c1CC. The van der Waals surface area contributed by atoms with Crippen LogP contribution in [-0.4, -0.2) is 27.3 Å². The first-order valence-corrected chi connectivity index (χ1v) is 12.0. The van der Waals surface area contributed by atoms with Gasteiger partial charge < -0.3 is 20.1 Å². The van der Waals surface area contributed by atoms with E-state index in [-0.39, 0.29) is 22.6 Å². The Hall–Kier alpha value is -3.80. The number of carboxylic acid groups (broad SMARTS) is 1. The Morgan fingerprint density at radius 1 is 0.743 bits per heavy atom. The summed E-state index contributed by atoms with van der Waals surface area (Å²) in [5.41, 5.74) is 4.18. The fraction of sp³-hybridized carbons (Fsp3) is 0.310. The van der Waals surface area contributed by atoms with Crippen molar-refractivity contribution < 1.29 is 29.6 Å². The summed E-state index contributed by atoms with van der Waals surface area (Å²) in [5.74, 6) is -1.36. The molecule has 35 heavy (non-hydrogen) atoms. The van der Waals surface area contributed by atoms with E-state index in [1.165, 1.54) is 12.1 Å². The third-order valence-electron chi connectivity index (χ3n) is 7.10. The van der Waals surface area contributed by atoms with Gasteiger partial charge in [0.1, 0.15) is 11.5 Å². The molecule has 0 aliphatic carbocycles. The van der Waals surface area contributed by atoms with Gasteiger partial charge in [0.05, 0.1) is 11.1 Å². The van der Waals surface area contributed by atoms with Crippen molar-refractivity contribution in [2.75, 3.05) is 0 Å². The van der Waals surface area contributed by atoms with E-state index >= 15 is 0 Å². The first-order chi connectivity index (χ1) is 16.7. The lowest BCUT2D eigenvalue weighted by molar-refractivity contribution is 0.0246. The van der Waals surface area contributed by atoms with Crippen LogP contribution in [0.15, 0.2) is 42.5 Å². The number of carbonyl (C=O) groups is 2. The number of phenolic OH excluding ortho intramolecular Hbond substituents is 2. The Morgan fingerprint density at radius 3 is 1.63 bits per heavy atom. The highest BCUT2D eigenvalue weighted by Crippen LogP contribution is 2.51. The molecule has 6 heteroatoms. The number of esters is 1. The normalized spacial score (nSPS) is 14.0. The van der Waals surface area contributed by atoms with Crippen LogP contribution in [0.2, 0.25) is 0 Å². The number of fused-ring (bicyclic) bond motifs is 1. The molecule has 0 fully saturated rings. The largest absolute Gasteiger partial charge is 0.508 e. The van der Waals surface area contributed by atoms with E-state index < -0.39 is 17.5 Å². The molecule has 0 unspecified atom stereocenters.